The third-order valence-electron chi connectivity index (χ3n) is 3.24. The summed E-state index contributed by atoms with van der Waals surface area (Å²) >= 11 is 0. The Morgan fingerprint density at radius 3 is 2.68 bits per heavy atom. The minimum Gasteiger partial charge on any atom is -0.361 e. The summed E-state index contributed by atoms with van der Waals surface area (Å²) in [5, 5.41) is 10.0. The van der Waals surface area contributed by atoms with Gasteiger partial charge in [0.1, 0.15) is 5.76 Å². The SMILES string of the molecule is CCCCCNC(=O)C(C)NCc1c(C)noc1C. The van der Waals surface area contributed by atoms with Crippen LogP contribution >= 0.6 is 0 Å². The second-order valence-electron chi connectivity index (χ2n) is 4.90. The fourth-order valence-corrected chi connectivity index (χ4v) is 1.84. The van der Waals surface area contributed by atoms with Gasteiger partial charge in [-0.25, -0.2) is 0 Å². The molecule has 1 rings (SSSR count). The van der Waals surface area contributed by atoms with Gasteiger partial charge in [0, 0.05) is 18.7 Å². The molecule has 108 valence electrons. The Labute approximate surface area is 115 Å². The van der Waals surface area contributed by atoms with Crippen molar-refractivity contribution in [3.63, 3.8) is 0 Å². The highest BCUT2D eigenvalue weighted by Gasteiger charge is 2.14. The van der Waals surface area contributed by atoms with Gasteiger partial charge in [-0.1, -0.05) is 24.9 Å². The predicted octanol–water partition coefficient (Wildman–Crippen LogP) is 2.08. The molecule has 1 aromatic rings. The van der Waals surface area contributed by atoms with Crippen LogP contribution in [0.5, 0.6) is 0 Å². The van der Waals surface area contributed by atoms with E-state index < -0.39 is 0 Å². The van der Waals surface area contributed by atoms with Crippen molar-refractivity contribution in [2.24, 2.45) is 0 Å². The van der Waals surface area contributed by atoms with Gasteiger partial charge in [-0.15, -0.1) is 0 Å². The molecule has 0 saturated heterocycles. The molecule has 1 unspecified atom stereocenters. The van der Waals surface area contributed by atoms with Gasteiger partial charge in [0.25, 0.3) is 0 Å². The molecule has 0 saturated carbocycles. The van der Waals surface area contributed by atoms with Gasteiger partial charge >= 0.3 is 0 Å². The molecular formula is C14H25N3O2. The molecule has 1 amide bonds. The summed E-state index contributed by atoms with van der Waals surface area (Å²) in [5.74, 6) is 0.850. The molecule has 5 nitrogen and oxygen atoms in total. The average Bonchev–Trinajstić information content (AvgIpc) is 2.71. The fraction of sp³-hybridized carbons (Fsp3) is 0.714. The van der Waals surface area contributed by atoms with Crippen molar-refractivity contribution < 1.29 is 9.32 Å². The smallest absolute Gasteiger partial charge is 0.236 e. The van der Waals surface area contributed by atoms with Crippen molar-refractivity contribution in [2.45, 2.75) is 59.5 Å². The zero-order chi connectivity index (χ0) is 14.3. The van der Waals surface area contributed by atoms with Crippen LogP contribution in [-0.4, -0.2) is 23.7 Å². The topological polar surface area (TPSA) is 67.2 Å². The van der Waals surface area contributed by atoms with Crippen LogP contribution in [0.2, 0.25) is 0 Å². The fourth-order valence-electron chi connectivity index (χ4n) is 1.84. The van der Waals surface area contributed by atoms with Crippen LogP contribution < -0.4 is 10.6 Å². The Hall–Kier alpha value is -1.36. The van der Waals surface area contributed by atoms with E-state index in [0.29, 0.717) is 6.54 Å². The molecule has 0 fully saturated rings. The highest BCUT2D eigenvalue weighted by Crippen LogP contribution is 2.11. The van der Waals surface area contributed by atoms with Gasteiger partial charge in [-0.3, -0.25) is 4.79 Å². The molecule has 0 aliphatic rings. The van der Waals surface area contributed by atoms with Crippen molar-refractivity contribution in [3.8, 4) is 0 Å². The van der Waals surface area contributed by atoms with E-state index in [4.69, 9.17) is 4.52 Å². The van der Waals surface area contributed by atoms with Crippen LogP contribution in [0.4, 0.5) is 0 Å². The van der Waals surface area contributed by atoms with E-state index in [1.807, 2.05) is 20.8 Å². The second-order valence-corrected chi connectivity index (χ2v) is 4.90. The summed E-state index contributed by atoms with van der Waals surface area (Å²) in [6.07, 6.45) is 3.36. The lowest BCUT2D eigenvalue weighted by molar-refractivity contribution is -0.122. The van der Waals surface area contributed by atoms with Crippen molar-refractivity contribution in [1.29, 1.82) is 0 Å². The Morgan fingerprint density at radius 1 is 1.37 bits per heavy atom. The average molecular weight is 267 g/mol. The number of aromatic nitrogens is 1. The quantitative estimate of drug-likeness (QED) is 0.708. The summed E-state index contributed by atoms with van der Waals surface area (Å²) in [6.45, 7) is 9.16. The first-order valence-electron chi connectivity index (χ1n) is 6.99. The monoisotopic (exact) mass is 267 g/mol. The molecule has 1 aromatic heterocycles. The third-order valence-corrected chi connectivity index (χ3v) is 3.24. The summed E-state index contributed by atoms with van der Waals surface area (Å²) in [5.41, 5.74) is 1.91. The maximum Gasteiger partial charge on any atom is 0.236 e. The Balaban J connectivity index is 2.30. The van der Waals surface area contributed by atoms with Gasteiger partial charge in [0.15, 0.2) is 0 Å². The van der Waals surface area contributed by atoms with Crippen LogP contribution in [-0.2, 0) is 11.3 Å². The van der Waals surface area contributed by atoms with Gasteiger partial charge in [0.05, 0.1) is 11.7 Å². The number of rotatable bonds is 8. The molecule has 0 bridgehead atoms. The zero-order valence-corrected chi connectivity index (χ0v) is 12.4. The Morgan fingerprint density at radius 2 is 2.11 bits per heavy atom. The molecule has 19 heavy (non-hydrogen) atoms. The normalized spacial score (nSPS) is 12.4. The molecule has 2 N–H and O–H groups in total. The van der Waals surface area contributed by atoms with Crippen LogP contribution in [0.3, 0.4) is 0 Å². The van der Waals surface area contributed by atoms with E-state index in [1.54, 1.807) is 0 Å². The standard InChI is InChI=1S/C14H25N3O2/c1-5-6-7-8-15-14(18)11(3)16-9-13-10(2)17-19-12(13)4/h11,16H,5-9H2,1-4H3,(H,15,18). The van der Waals surface area contributed by atoms with Crippen molar-refractivity contribution >= 4 is 5.91 Å². The summed E-state index contributed by atoms with van der Waals surface area (Å²) in [4.78, 5) is 11.8. The number of carbonyl (C=O) groups is 1. The molecule has 1 atom stereocenters. The van der Waals surface area contributed by atoms with Crippen LogP contribution in [0.25, 0.3) is 0 Å². The predicted molar refractivity (Wildman–Crippen MR) is 74.8 cm³/mol. The van der Waals surface area contributed by atoms with Crippen molar-refractivity contribution in [2.75, 3.05) is 6.54 Å². The lowest BCUT2D eigenvalue weighted by Crippen LogP contribution is -2.42. The van der Waals surface area contributed by atoms with E-state index in [-0.39, 0.29) is 11.9 Å². The van der Waals surface area contributed by atoms with Crippen LogP contribution in [0.1, 0.15) is 50.1 Å². The Bertz CT molecular complexity index is 382. The van der Waals surface area contributed by atoms with E-state index in [0.717, 1.165) is 42.8 Å². The van der Waals surface area contributed by atoms with Crippen molar-refractivity contribution in [3.05, 3.63) is 17.0 Å². The molecule has 0 aromatic carbocycles. The molecular weight excluding hydrogens is 242 g/mol. The van der Waals surface area contributed by atoms with Gasteiger partial charge in [-0.2, -0.15) is 0 Å². The Kier molecular flexibility index (Phi) is 6.56. The number of carbonyl (C=O) groups excluding carboxylic acids is 1. The first-order chi connectivity index (χ1) is 9.06. The van der Waals surface area contributed by atoms with E-state index in [9.17, 15) is 4.79 Å². The van der Waals surface area contributed by atoms with E-state index >= 15 is 0 Å². The number of amides is 1. The highest BCUT2D eigenvalue weighted by molar-refractivity contribution is 5.81. The molecule has 0 spiro atoms. The summed E-state index contributed by atoms with van der Waals surface area (Å²) in [6, 6.07) is -0.213. The van der Waals surface area contributed by atoms with E-state index in [1.165, 1.54) is 0 Å². The minimum absolute atomic E-state index is 0.0443. The highest BCUT2D eigenvalue weighted by atomic mass is 16.5. The largest absolute Gasteiger partial charge is 0.361 e. The molecule has 5 heteroatoms. The van der Waals surface area contributed by atoms with Gasteiger partial charge in [0.2, 0.25) is 5.91 Å². The molecule has 0 aliphatic heterocycles. The minimum atomic E-state index is -0.213. The molecule has 1 heterocycles. The number of aryl methyl sites for hydroxylation is 2. The van der Waals surface area contributed by atoms with Crippen LogP contribution in [0.15, 0.2) is 4.52 Å². The number of hydrogen-bond donors (Lipinski definition) is 2. The van der Waals surface area contributed by atoms with Gasteiger partial charge in [-0.05, 0) is 27.2 Å². The third kappa shape index (κ3) is 5.03. The lowest BCUT2D eigenvalue weighted by atomic mass is 10.2. The summed E-state index contributed by atoms with van der Waals surface area (Å²) < 4.78 is 5.09. The maximum atomic E-state index is 11.8. The summed E-state index contributed by atoms with van der Waals surface area (Å²) in [7, 11) is 0. The molecule has 0 aliphatic carbocycles. The number of nitrogens with one attached hydrogen (secondary N) is 2. The van der Waals surface area contributed by atoms with Crippen LogP contribution in [0, 0.1) is 13.8 Å². The number of unbranched alkanes of at least 4 members (excludes halogenated alkanes) is 2. The number of hydrogen-bond acceptors (Lipinski definition) is 4. The second kappa shape index (κ2) is 7.94. The zero-order valence-electron chi connectivity index (χ0n) is 12.4. The van der Waals surface area contributed by atoms with Gasteiger partial charge < -0.3 is 15.2 Å². The van der Waals surface area contributed by atoms with E-state index in [2.05, 4.69) is 22.7 Å². The molecule has 0 radical (unpaired) electrons. The van der Waals surface area contributed by atoms with Crippen molar-refractivity contribution in [1.82, 2.24) is 15.8 Å². The first-order valence-corrected chi connectivity index (χ1v) is 6.99. The first kappa shape index (κ1) is 15.7. The maximum absolute atomic E-state index is 11.8. The number of nitrogens with zero attached hydrogens (tertiary/aromatic N) is 1. The lowest BCUT2D eigenvalue weighted by Gasteiger charge is -2.13.